The first-order valence-electron chi connectivity index (χ1n) is 9.01. The lowest BCUT2D eigenvalue weighted by Crippen LogP contribution is -2.21. The van der Waals surface area contributed by atoms with Crippen LogP contribution in [0.2, 0.25) is 0 Å². The van der Waals surface area contributed by atoms with Crippen molar-refractivity contribution in [2.24, 2.45) is 0 Å². The lowest BCUT2D eigenvalue weighted by molar-refractivity contribution is -0.142. The van der Waals surface area contributed by atoms with Crippen molar-refractivity contribution in [3.63, 3.8) is 0 Å². The highest BCUT2D eigenvalue weighted by atomic mass is 19.1. The number of rotatable bonds is 8. The van der Waals surface area contributed by atoms with Gasteiger partial charge in [0.2, 0.25) is 0 Å². The van der Waals surface area contributed by atoms with Crippen LogP contribution in [0.5, 0.6) is 5.75 Å². The Morgan fingerprint density at radius 2 is 1.96 bits per heavy atom. The van der Waals surface area contributed by atoms with Crippen molar-refractivity contribution in [3.05, 3.63) is 65.5 Å². The molecule has 6 heteroatoms. The molecule has 0 aliphatic rings. The van der Waals surface area contributed by atoms with Crippen molar-refractivity contribution in [1.82, 2.24) is 0 Å². The van der Waals surface area contributed by atoms with E-state index in [9.17, 15) is 14.0 Å². The van der Waals surface area contributed by atoms with E-state index in [2.05, 4.69) is 19.2 Å². The number of benzene rings is 2. The van der Waals surface area contributed by atoms with Gasteiger partial charge in [-0.2, -0.15) is 0 Å². The van der Waals surface area contributed by atoms with E-state index in [4.69, 9.17) is 9.47 Å². The largest absolute Gasteiger partial charge is 0.494 e. The fraction of sp³-hybridized carbons (Fsp3) is 0.273. The highest BCUT2D eigenvalue weighted by molar-refractivity contribution is 5.95. The Hall–Kier alpha value is -3.15. The summed E-state index contributed by atoms with van der Waals surface area (Å²) in [5.41, 5.74) is 2.22. The van der Waals surface area contributed by atoms with Crippen molar-refractivity contribution in [3.8, 4) is 5.75 Å². The molecule has 0 spiro atoms. The molecule has 5 nitrogen and oxygen atoms in total. The van der Waals surface area contributed by atoms with Gasteiger partial charge >= 0.3 is 5.97 Å². The third-order valence-corrected chi connectivity index (χ3v) is 4.31. The molecule has 0 radical (unpaired) electrons. The lowest BCUT2D eigenvalue weighted by atomic mass is 9.97. The monoisotopic (exact) mass is 385 g/mol. The summed E-state index contributed by atoms with van der Waals surface area (Å²) in [5.74, 6) is -1.23. The van der Waals surface area contributed by atoms with Gasteiger partial charge in [0.05, 0.1) is 7.11 Å². The van der Waals surface area contributed by atoms with Gasteiger partial charge < -0.3 is 14.8 Å². The Bertz CT molecular complexity index is 863. The molecule has 0 saturated heterocycles. The zero-order valence-electron chi connectivity index (χ0n) is 16.2. The molecule has 2 rings (SSSR count). The second-order valence-corrected chi connectivity index (χ2v) is 6.28. The average Bonchev–Trinajstić information content (AvgIpc) is 2.70. The molecule has 0 aliphatic heterocycles. The number of hydrogen-bond acceptors (Lipinski definition) is 4. The van der Waals surface area contributed by atoms with Gasteiger partial charge in [-0.05, 0) is 47.7 Å². The molecule has 28 heavy (non-hydrogen) atoms. The van der Waals surface area contributed by atoms with Crippen molar-refractivity contribution in [2.75, 3.05) is 19.0 Å². The number of hydrogen-bond donors (Lipinski definition) is 1. The Morgan fingerprint density at radius 1 is 1.21 bits per heavy atom. The minimum Gasteiger partial charge on any atom is -0.494 e. The number of methoxy groups -OCH3 is 1. The van der Waals surface area contributed by atoms with E-state index in [1.54, 1.807) is 6.07 Å². The Balaban J connectivity index is 1.89. The minimum absolute atomic E-state index is 0.120. The fourth-order valence-electron chi connectivity index (χ4n) is 2.58. The van der Waals surface area contributed by atoms with E-state index in [-0.39, 0.29) is 5.75 Å². The molecule has 0 saturated carbocycles. The number of nitrogens with one attached hydrogen (secondary N) is 1. The van der Waals surface area contributed by atoms with Gasteiger partial charge in [0.15, 0.2) is 18.2 Å². The van der Waals surface area contributed by atoms with E-state index in [0.717, 1.165) is 18.1 Å². The third-order valence-electron chi connectivity index (χ3n) is 4.31. The summed E-state index contributed by atoms with van der Waals surface area (Å²) in [6, 6.07) is 11.8. The molecule has 0 aromatic heterocycles. The number of anilines is 1. The molecule has 1 atom stereocenters. The standard InChI is InChI=1S/C22H24FNO4/c1-4-15(2)17-7-5-6-8-19(17)24-21(25)14-28-22(26)12-10-16-9-11-20(27-3)18(23)13-16/h5-13,15H,4,14H2,1-3H3,(H,24,25)/b12-10+/t15-/m0/s1. The molecular formula is C22H24FNO4. The summed E-state index contributed by atoms with van der Waals surface area (Å²) in [6.07, 6.45) is 3.49. The number of carbonyl (C=O) groups excluding carboxylic acids is 2. The zero-order valence-corrected chi connectivity index (χ0v) is 16.2. The molecule has 1 amide bonds. The van der Waals surface area contributed by atoms with Crippen LogP contribution in [0.15, 0.2) is 48.5 Å². The number of amides is 1. The molecule has 2 aromatic rings. The van der Waals surface area contributed by atoms with Gasteiger partial charge in [-0.1, -0.05) is 38.1 Å². The van der Waals surface area contributed by atoms with Gasteiger partial charge in [0.1, 0.15) is 0 Å². The van der Waals surface area contributed by atoms with Gasteiger partial charge in [-0.25, -0.2) is 9.18 Å². The van der Waals surface area contributed by atoms with Gasteiger partial charge in [0.25, 0.3) is 5.91 Å². The number of para-hydroxylation sites is 1. The number of esters is 1. The van der Waals surface area contributed by atoms with Gasteiger partial charge in [0, 0.05) is 11.8 Å². The van der Waals surface area contributed by atoms with Crippen LogP contribution >= 0.6 is 0 Å². The number of halogens is 1. The first-order valence-corrected chi connectivity index (χ1v) is 9.01. The molecular weight excluding hydrogens is 361 g/mol. The molecule has 0 bridgehead atoms. The van der Waals surface area contributed by atoms with Gasteiger partial charge in [-0.3, -0.25) is 4.79 Å². The molecule has 1 N–H and O–H groups in total. The Morgan fingerprint density at radius 3 is 2.64 bits per heavy atom. The highest BCUT2D eigenvalue weighted by Gasteiger charge is 2.12. The first-order chi connectivity index (χ1) is 13.4. The number of carbonyl (C=O) groups is 2. The molecule has 2 aromatic carbocycles. The van der Waals surface area contributed by atoms with Crippen molar-refractivity contribution >= 4 is 23.6 Å². The maximum Gasteiger partial charge on any atom is 0.331 e. The van der Waals surface area contributed by atoms with Gasteiger partial charge in [-0.15, -0.1) is 0 Å². The summed E-state index contributed by atoms with van der Waals surface area (Å²) in [4.78, 5) is 23.9. The van der Waals surface area contributed by atoms with Crippen LogP contribution in [0.25, 0.3) is 6.08 Å². The average molecular weight is 385 g/mol. The Kier molecular flexibility index (Phi) is 7.75. The van der Waals surface area contributed by atoms with Crippen LogP contribution in [0.1, 0.15) is 37.3 Å². The summed E-state index contributed by atoms with van der Waals surface area (Å²) in [5, 5.41) is 2.77. The maximum atomic E-state index is 13.6. The van der Waals surface area contributed by atoms with E-state index >= 15 is 0 Å². The number of ether oxygens (including phenoxy) is 2. The van der Waals surface area contributed by atoms with E-state index in [1.165, 1.54) is 25.3 Å². The maximum absolute atomic E-state index is 13.6. The van der Waals surface area contributed by atoms with Crippen LogP contribution in [-0.2, 0) is 14.3 Å². The van der Waals surface area contributed by atoms with Crippen LogP contribution in [0.3, 0.4) is 0 Å². The van der Waals surface area contributed by atoms with Crippen LogP contribution in [0.4, 0.5) is 10.1 Å². The summed E-state index contributed by atoms with van der Waals surface area (Å²) >= 11 is 0. The molecule has 0 heterocycles. The second kappa shape index (κ2) is 10.3. The van der Waals surface area contributed by atoms with Crippen LogP contribution in [-0.4, -0.2) is 25.6 Å². The SMILES string of the molecule is CC[C@H](C)c1ccccc1NC(=O)COC(=O)/C=C/c1ccc(OC)c(F)c1. The second-order valence-electron chi connectivity index (χ2n) is 6.28. The van der Waals surface area contributed by atoms with E-state index < -0.39 is 24.3 Å². The van der Waals surface area contributed by atoms with Crippen LogP contribution in [0, 0.1) is 5.82 Å². The van der Waals surface area contributed by atoms with Crippen molar-refractivity contribution in [2.45, 2.75) is 26.2 Å². The molecule has 0 aliphatic carbocycles. The summed E-state index contributed by atoms with van der Waals surface area (Å²) in [6.45, 7) is 3.75. The highest BCUT2D eigenvalue weighted by Crippen LogP contribution is 2.26. The summed E-state index contributed by atoms with van der Waals surface area (Å²) < 4.78 is 23.4. The smallest absolute Gasteiger partial charge is 0.331 e. The molecule has 0 unspecified atom stereocenters. The molecule has 0 fully saturated rings. The molecule has 148 valence electrons. The Labute approximate surface area is 164 Å². The quantitative estimate of drug-likeness (QED) is 0.535. The fourth-order valence-corrected chi connectivity index (χ4v) is 2.58. The van der Waals surface area contributed by atoms with Crippen LogP contribution < -0.4 is 10.1 Å². The lowest BCUT2D eigenvalue weighted by Gasteiger charge is -2.15. The zero-order chi connectivity index (χ0) is 20.5. The van der Waals surface area contributed by atoms with Crippen molar-refractivity contribution in [1.29, 1.82) is 0 Å². The normalized spacial score (nSPS) is 11.9. The first kappa shape index (κ1) is 21.2. The van der Waals surface area contributed by atoms with E-state index in [0.29, 0.717) is 17.2 Å². The predicted molar refractivity (Wildman–Crippen MR) is 107 cm³/mol. The van der Waals surface area contributed by atoms with Crippen molar-refractivity contribution < 1.29 is 23.5 Å². The predicted octanol–water partition coefficient (Wildman–Crippen LogP) is 4.54. The summed E-state index contributed by atoms with van der Waals surface area (Å²) in [7, 11) is 1.37. The minimum atomic E-state index is -0.693. The third kappa shape index (κ3) is 5.94. The van der Waals surface area contributed by atoms with E-state index in [1.807, 2.05) is 24.3 Å². The topological polar surface area (TPSA) is 64.6 Å².